The highest BCUT2D eigenvalue weighted by molar-refractivity contribution is 7.80. The molecule has 2 aromatic rings. The number of anilines is 2. The number of carbonyl (C=O) groups excluding carboxylic acids is 2. The molecule has 1 atom stereocenters. The van der Waals surface area contributed by atoms with Crippen LogP contribution in [-0.4, -0.2) is 48.1 Å². The monoisotopic (exact) mass is 453 g/mol. The number of rotatable bonds is 10. The number of hydrogen-bond acceptors (Lipinski definition) is 5. The average molecular weight is 454 g/mol. The molecule has 1 heterocycles. The van der Waals surface area contributed by atoms with Crippen LogP contribution in [-0.2, 0) is 9.59 Å². The van der Waals surface area contributed by atoms with Crippen LogP contribution in [0.1, 0.15) is 19.8 Å². The Labute approximate surface area is 193 Å². The molecule has 7 nitrogen and oxygen atoms in total. The summed E-state index contributed by atoms with van der Waals surface area (Å²) in [6, 6.07) is 13.5. The Bertz CT molecular complexity index is 976. The second kappa shape index (κ2) is 10.8. The molecule has 1 aliphatic rings. The first kappa shape index (κ1) is 23.3. The van der Waals surface area contributed by atoms with Crippen LogP contribution in [0.25, 0.3) is 0 Å². The van der Waals surface area contributed by atoms with Crippen LogP contribution in [0.2, 0.25) is 0 Å². The standard InChI is InChI=1S/C24H27N3O4S/c1-4-14-26-21(16-22(28)25-17-6-10-20(11-7-17)31-15-5-2)23(29)27(24(26)32)18-8-12-19(30-3)13-9-18/h4,6-13,21H,1,5,14-16H2,2-3H3,(H,25,28)/t21-/m1/s1. The van der Waals surface area contributed by atoms with E-state index in [1.165, 1.54) is 4.90 Å². The molecule has 0 aliphatic carbocycles. The van der Waals surface area contributed by atoms with Crippen LogP contribution in [0.15, 0.2) is 61.2 Å². The van der Waals surface area contributed by atoms with E-state index in [-0.39, 0.29) is 18.2 Å². The molecule has 168 valence electrons. The first-order chi connectivity index (χ1) is 15.5. The van der Waals surface area contributed by atoms with Crippen molar-refractivity contribution >= 4 is 40.5 Å². The highest BCUT2D eigenvalue weighted by Gasteiger charge is 2.43. The molecule has 32 heavy (non-hydrogen) atoms. The quantitative estimate of drug-likeness (QED) is 0.433. The van der Waals surface area contributed by atoms with Gasteiger partial charge in [-0.25, -0.2) is 0 Å². The fraction of sp³-hybridized carbons (Fsp3) is 0.292. The maximum atomic E-state index is 13.2. The number of benzene rings is 2. The molecule has 8 heteroatoms. The molecule has 0 saturated carbocycles. The number of thiocarbonyl (C=S) groups is 1. The Balaban J connectivity index is 1.71. The molecular formula is C24H27N3O4S. The molecule has 1 N–H and O–H groups in total. The third-order valence-electron chi connectivity index (χ3n) is 4.96. The molecule has 1 aliphatic heterocycles. The first-order valence-electron chi connectivity index (χ1n) is 10.4. The van der Waals surface area contributed by atoms with Crippen molar-refractivity contribution in [2.45, 2.75) is 25.8 Å². The molecule has 0 aromatic heterocycles. The van der Waals surface area contributed by atoms with E-state index in [4.69, 9.17) is 21.7 Å². The zero-order valence-electron chi connectivity index (χ0n) is 18.2. The van der Waals surface area contributed by atoms with Crippen molar-refractivity contribution in [3.63, 3.8) is 0 Å². The van der Waals surface area contributed by atoms with Gasteiger partial charge in [0.25, 0.3) is 5.91 Å². The lowest BCUT2D eigenvalue weighted by Crippen LogP contribution is -2.37. The number of carbonyl (C=O) groups is 2. The SMILES string of the molecule is C=CCN1C(=S)N(c2ccc(OC)cc2)C(=O)[C@H]1CC(=O)Nc1ccc(OCCC)cc1. The van der Waals surface area contributed by atoms with Crippen LogP contribution in [0, 0.1) is 0 Å². The van der Waals surface area contributed by atoms with Crippen molar-refractivity contribution in [2.75, 3.05) is 30.5 Å². The summed E-state index contributed by atoms with van der Waals surface area (Å²) < 4.78 is 10.7. The highest BCUT2D eigenvalue weighted by Crippen LogP contribution is 2.29. The second-order valence-corrected chi connectivity index (χ2v) is 7.60. The highest BCUT2D eigenvalue weighted by atomic mass is 32.1. The summed E-state index contributed by atoms with van der Waals surface area (Å²) in [4.78, 5) is 29.1. The number of methoxy groups -OCH3 is 1. The summed E-state index contributed by atoms with van der Waals surface area (Å²) in [5.41, 5.74) is 1.26. The van der Waals surface area contributed by atoms with Gasteiger partial charge in [-0.15, -0.1) is 6.58 Å². The number of nitrogens with zero attached hydrogens (tertiary/aromatic N) is 2. The Morgan fingerprint density at radius 1 is 1.16 bits per heavy atom. The minimum Gasteiger partial charge on any atom is -0.497 e. The second-order valence-electron chi connectivity index (χ2n) is 7.24. The van der Waals surface area contributed by atoms with E-state index in [2.05, 4.69) is 11.9 Å². The molecule has 2 aromatic carbocycles. The van der Waals surface area contributed by atoms with Crippen molar-refractivity contribution in [3.8, 4) is 11.5 Å². The fourth-order valence-electron chi connectivity index (χ4n) is 3.39. The van der Waals surface area contributed by atoms with Gasteiger partial charge in [0.05, 0.1) is 25.8 Å². The predicted octanol–water partition coefficient (Wildman–Crippen LogP) is 4.00. The topological polar surface area (TPSA) is 71.1 Å². The van der Waals surface area contributed by atoms with Crippen molar-refractivity contribution < 1.29 is 19.1 Å². The zero-order chi connectivity index (χ0) is 23.1. The Morgan fingerprint density at radius 3 is 2.41 bits per heavy atom. The summed E-state index contributed by atoms with van der Waals surface area (Å²) in [6.45, 7) is 6.79. The van der Waals surface area contributed by atoms with Crippen LogP contribution < -0.4 is 19.7 Å². The van der Waals surface area contributed by atoms with E-state index in [0.717, 1.165) is 12.2 Å². The van der Waals surface area contributed by atoms with E-state index in [1.807, 2.05) is 6.92 Å². The number of ether oxygens (including phenoxy) is 2. The lowest BCUT2D eigenvalue weighted by molar-refractivity contribution is -0.124. The molecule has 3 rings (SSSR count). The number of amides is 2. The van der Waals surface area contributed by atoms with Gasteiger partial charge in [0, 0.05) is 12.2 Å². The van der Waals surface area contributed by atoms with E-state index >= 15 is 0 Å². The predicted molar refractivity (Wildman–Crippen MR) is 129 cm³/mol. The van der Waals surface area contributed by atoms with E-state index < -0.39 is 6.04 Å². The minimum absolute atomic E-state index is 0.0342. The van der Waals surface area contributed by atoms with Gasteiger partial charge < -0.3 is 19.7 Å². The zero-order valence-corrected chi connectivity index (χ0v) is 19.1. The number of hydrogen-bond donors (Lipinski definition) is 1. The van der Waals surface area contributed by atoms with Gasteiger partial charge in [0.1, 0.15) is 17.5 Å². The Morgan fingerprint density at radius 2 is 1.81 bits per heavy atom. The summed E-state index contributed by atoms with van der Waals surface area (Å²) in [7, 11) is 1.58. The van der Waals surface area contributed by atoms with Gasteiger partial charge in [-0.1, -0.05) is 13.0 Å². The maximum Gasteiger partial charge on any atom is 0.256 e. The largest absolute Gasteiger partial charge is 0.497 e. The Kier molecular flexibility index (Phi) is 7.83. The van der Waals surface area contributed by atoms with Crippen molar-refractivity contribution in [2.24, 2.45) is 0 Å². The first-order valence-corrected chi connectivity index (χ1v) is 10.8. The van der Waals surface area contributed by atoms with Gasteiger partial charge >= 0.3 is 0 Å². The van der Waals surface area contributed by atoms with E-state index in [1.54, 1.807) is 66.6 Å². The van der Waals surface area contributed by atoms with Crippen molar-refractivity contribution in [1.29, 1.82) is 0 Å². The van der Waals surface area contributed by atoms with E-state index in [0.29, 0.717) is 35.4 Å². The maximum absolute atomic E-state index is 13.2. The summed E-state index contributed by atoms with van der Waals surface area (Å²) >= 11 is 5.56. The average Bonchev–Trinajstić information content (AvgIpc) is 3.03. The van der Waals surface area contributed by atoms with Gasteiger partial charge in [0.15, 0.2) is 5.11 Å². The molecule has 0 radical (unpaired) electrons. The lowest BCUT2D eigenvalue weighted by atomic mass is 10.1. The molecule has 0 bridgehead atoms. The smallest absolute Gasteiger partial charge is 0.256 e. The lowest BCUT2D eigenvalue weighted by Gasteiger charge is -2.22. The van der Waals surface area contributed by atoms with Gasteiger partial charge in [-0.05, 0) is 67.2 Å². The van der Waals surface area contributed by atoms with Crippen LogP contribution in [0.5, 0.6) is 11.5 Å². The van der Waals surface area contributed by atoms with Crippen molar-refractivity contribution in [3.05, 3.63) is 61.2 Å². The van der Waals surface area contributed by atoms with Crippen molar-refractivity contribution in [1.82, 2.24) is 4.90 Å². The van der Waals surface area contributed by atoms with Gasteiger partial charge in [-0.2, -0.15) is 0 Å². The third-order valence-corrected chi connectivity index (χ3v) is 5.38. The van der Waals surface area contributed by atoms with Gasteiger partial charge in [0.2, 0.25) is 5.91 Å². The molecule has 2 amide bonds. The van der Waals surface area contributed by atoms with Gasteiger partial charge in [-0.3, -0.25) is 14.5 Å². The molecule has 0 unspecified atom stereocenters. The summed E-state index contributed by atoms with van der Waals surface area (Å²) in [6.07, 6.45) is 2.55. The Hall–Kier alpha value is -3.39. The molecular weight excluding hydrogens is 426 g/mol. The molecule has 1 fully saturated rings. The normalized spacial score (nSPS) is 15.6. The molecule has 1 saturated heterocycles. The van der Waals surface area contributed by atoms with E-state index in [9.17, 15) is 9.59 Å². The fourth-order valence-corrected chi connectivity index (χ4v) is 3.79. The summed E-state index contributed by atoms with van der Waals surface area (Å²) in [5.74, 6) is 0.893. The van der Waals surface area contributed by atoms with Crippen LogP contribution >= 0.6 is 12.2 Å². The van der Waals surface area contributed by atoms with Crippen LogP contribution in [0.4, 0.5) is 11.4 Å². The summed E-state index contributed by atoms with van der Waals surface area (Å²) in [5, 5.41) is 3.19. The number of nitrogens with one attached hydrogen (secondary N) is 1. The van der Waals surface area contributed by atoms with Crippen LogP contribution in [0.3, 0.4) is 0 Å². The molecule has 0 spiro atoms. The minimum atomic E-state index is -0.713. The third kappa shape index (κ3) is 5.26.